The van der Waals surface area contributed by atoms with Gasteiger partial charge >= 0.3 is 0 Å². The van der Waals surface area contributed by atoms with E-state index in [4.69, 9.17) is 4.43 Å². The molecule has 1 unspecified atom stereocenters. The van der Waals surface area contributed by atoms with Crippen LogP contribution in [0.25, 0.3) is 0 Å². The minimum absolute atomic E-state index is 0.0455. The molecule has 0 spiro atoms. The molecule has 6 heteroatoms. The van der Waals surface area contributed by atoms with Crippen LogP contribution >= 0.6 is 0 Å². The van der Waals surface area contributed by atoms with Crippen molar-refractivity contribution in [2.75, 3.05) is 6.61 Å². The Hall–Kier alpha value is -1.24. The van der Waals surface area contributed by atoms with Crippen molar-refractivity contribution >= 4 is 14.0 Å². The van der Waals surface area contributed by atoms with Crippen molar-refractivity contribution < 1.29 is 14.5 Å². The van der Waals surface area contributed by atoms with Crippen molar-refractivity contribution in [3.8, 4) is 0 Å². The molecular formula is C14H23NO4Si. The predicted octanol–water partition coefficient (Wildman–Crippen LogP) is 3.51. The molecule has 5 nitrogen and oxygen atoms in total. The average molecular weight is 297 g/mol. The second-order valence-electron chi connectivity index (χ2n) is 6.00. The number of nitro benzene ring substituents is 1. The summed E-state index contributed by atoms with van der Waals surface area (Å²) in [5, 5.41) is 20.2. The Morgan fingerprint density at radius 1 is 1.30 bits per heavy atom. The van der Waals surface area contributed by atoms with E-state index in [0.717, 1.165) is 11.6 Å². The summed E-state index contributed by atoms with van der Waals surface area (Å²) in [6.45, 7) is 8.43. The number of benzene rings is 1. The SMILES string of the molecule is CC(C)C[Si](C)(C)OC(CO)c1ccc([N+](=O)[O-])cc1. The Morgan fingerprint density at radius 3 is 2.25 bits per heavy atom. The Kier molecular flexibility index (Phi) is 5.85. The summed E-state index contributed by atoms with van der Waals surface area (Å²) in [5.74, 6) is 0.549. The third-order valence-corrected chi connectivity index (χ3v) is 5.72. The van der Waals surface area contributed by atoms with Gasteiger partial charge in [0.25, 0.3) is 5.69 Å². The topological polar surface area (TPSA) is 72.6 Å². The molecule has 0 fully saturated rings. The Labute approximate surface area is 120 Å². The Bertz CT molecular complexity index is 445. The van der Waals surface area contributed by atoms with Gasteiger partial charge in [0.1, 0.15) is 0 Å². The molecule has 20 heavy (non-hydrogen) atoms. The largest absolute Gasteiger partial charge is 0.408 e. The minimum Gasteiger partial charge on any atom is -0.408 e. The van der Waals surface area contributed by atoms with Crippen molar-refractivity contribution in [1.82, 2.24) is 0 Å². The van der Waals surface area contributed by atoms with Gasteiger partial charge in [-0.1, -0.05) is 13.8 Å². The number of nitrogens with zero attached hydrogens (tertiary/aromatic N) is 1. The van der Waals surface area contributed by atoms with E-state index in [9.17, 15) is 15.2 Å². The first-order valence-corrected chi connectivity index (χ1v) is 9.89. The van der Waals surface area contributed by atoms with Gasteiger partial charge in [-0.2, -0.15) is 0 Å². The zero-order chi connectivity index (χ0) is 15.3. The number of hydrogen-bond acceptors (Lipinski definition) is 4. The summed E-state index contributed by atoms with van der Waals surface area (Å²) in [6.07, 6.45) is -0.406. The van der Waals surface area contributed by atoms with E-state index in [1.165, 1.54) is 12.1 Å². The first-order chi connectivity index (χ1) is 9.25. The first-order valence-electron chi connectivity index (χ1n) is 6.78. The van der Waals surface area contributed by atoms with E-state index in [0.29, 0.717) is 5.92 Å². The zero-order valence-corrected chi connectivity index (χ0v) is 13.5. The van der Waals surface area contributed by atoms with Crippen molar-refractivity contribution in [1.29, 1.82) is 0 Å². The lowest BCUT2D eigenvalue weighted by Gasteiger charge is -2.30. The van der Waals surface area contributed by atoms with Crippen LogP contribution in [0.4, 0.5) is 5.69 Å². The van der Waals surface area contributed by atoms with Crippen LogP contribution < -0.4 is 0 Å². The molecule has 1 aromatic carbocycles. The van der Waals surface area contributed by atoms with Crippen LogP contribution in [0, 0.1) is 16.0 Å². The van der Waals surface area contributed by atoms with Crippen molar-refractivity contribution in [2.24, 2.45) is 5.92 Å². The van der Waals surface area contributed by atoms with E-state index in [1.807, 2.05) is 0 Å². The van der Waals surface area contributed by atoms with Gasteiger partial charge in [0.2, 0.25) is 0 Å². The number of hydrogen-bond donors (Lipinski definition) is 1. The zero-order valence-electron chi connectivity index (χ0n) is 12.5. The average Bonchev–Trinajstić information content (AvgIpc) is 2.34. The normalized spacial score (nSPS) is 13.5. The maximum absolute atomic E-state index is 10.6. The fourth-order valence-electron chi connectivity index (χ4n) is 2.44. The van der Waals surface area contributed by atoms with Gasteiger partial charge in [-0.05, 0) is 42.8 Å². The summed E-state index contributed by atoms with van der Waals surface area (Å²) in [6, 6.07) is 7.20. The van der Waals surface area contributed by atoms with Gasteiger partial charge < -0.3 is 9.53 Å². The van der Waals surface area contributed by atoms with Crippen LogP contribution in [-0.2, 0) is 4.43 Å². The van der Waals surface area contributed by atoms with Crippen molar-refractivity contribution in [3.05, 3.63) is 39.9 Å². The molecule has 0 aliphatic heterocycles. The van der Waals surface area contributed by atoms with E-state index >= 15 is 0 Å². The van der Waals surface area contributed by atoms with Gasteiger partial charge in [0.05, 0.1) is 17.6 Å². The van der Waals surface area contributed by atoms with Crippen LogP contribution in [0.1, 0.15) is 25.5 Å². The minimum atomic E-state index is -1.86. The lowest BCUT2D eigenvalue weighted by Crippen LogP contribution is -2.34. The molecular weight excluding hydrogens is 274 g/mol. The number of rotatable bonds is 7. The monoisotopic (exact) mass is 297 g/mol. The molecule has 0 aromatic heterocycles. The Balaban J connectivity index is 2.82. The lowest BCUT2D eigenvalue weighted by molar-refractivity contribution is -0.384. The third kappa shape index (κ3) is 5.03. The highest BCUT2D eigenvalue weighted by atomic mass is 28.4. The number of non-ortho nitro benzene ring substituents is 1. The summed E-state index contributed by atoms with van der Waals surface area (Å²) in [5.41, 5.74) is 0.826. The summed E-state index contributed by atoms with van der Waals surface area (Å²) < 4.78 is 6.10. The molecule has 0 aliphatic carbocycles. The quantitative estimate of drug-likeness (QED) is 0.475. The summed E-state index contributed by atoms with van der Waals surface area (Å²) in [7, 11) is -1.86. The Morgan fingerprint density at radius 2 is 1.85 bits per heavy atom. The lowest BCUT2D eigenvalue weighted by atomic mass is 10.1. The number of nitro groups is 1. The van der Waals surface area contributed by atoms with Crippen LogP contribution in [0.2, 0.25) is 19.1 Å². The smallest absolute Gasteiger partial charge is 0.269 e. The molecule has 0 amide bonds. The highest BCUT2D eigenvalue weighted by Crippen LogP contribution is 2.27. The number of aliphatic hydroxyl groups excluding tert-OH is 1. The van der Waals surface area contributed by atoms with Gasteiger partial charge in [0.15, 0.2) is 8.32 Å². The standard InChI is InChI=1S/C14H23NO4Si/c1-11(2)10-20(3,4)19-14(9-16)12-5-7-13(8-6-12)15(17)18/h5-8,11,14,16H,9-10H2,1-4H3. The fraction of sp³-hybridized carbons (Fsp3) is 0.571. The molecule has 0 heterocycles. The number of aliphatic hydroxyl groups is 1. The van der Waals surface area contributed by atoms with Gasteiger partial charge in [-0.25, -0.2) is 0 Å². The second-order valence-corrected chi connectivity index (χ2v) is 10.2. The van der Waals surface area contributed by atoms with E-state index in [-0.39, 0.29) is 12.3 Å². The van der Waals surface area contributed by atoms with E-state index in [2.05, 4.69) is 26.9 Å². The molecule has 1 atom stereocenters. The van der Waals surface area contributed by atoms with Crippen LogP contribution in [-0.4, -0.2) is 25.0 Å². The fourth-order valence-corrected chi connectivity index (χ4v) is 5.48. The van der Waals surface area contributed by atoms with Crippen molar-refractivity contribution in [3.63, 3.8) is 0 Å². The molecule has 0 aliphatic rings. The molecule has 0 radical (unpaired) electrons. The van der Waals surface area contributed by atoms with Gasteiger partial charge in [-0.3, -0.25) is 10.1 Å². The third-order valence-electron chi connectivity index (χ3n) is 3.00. The van der Waals surface area contributed by atoms with Gasteiger partial charge in [-0.15, -0.1) is 0 Å². The molecule has 1 rings (SSSR count). The molecule has 0 saturated carbocycles. The maximum atomic E-state index is 10.6. The highest BCUT2D eigenvalue weighted by Gasteiger charge is 2.28. The summed E-state index contributed by atoms with van der Waals surface area (Å²) in [4.78, 5) is 10.2. The summed E-state index contributed by atoms with van der Waals surface area (Å²) >= 11 is 0. The predicted molar refractivity (Wildman–Crippen MR) is 81.1 cm³/mol. The van der Waals surface area contributed by atoms with Crippen LogP contribution in [0.5, 0.6) is 0 Å². The van der Waals surface area contributed by atoms with E-state index < -0.39 is 19.3 Å². The van der Waals surface area contributed by atoms with Gasteiger partial charge in [0, 0.05) is 12.1 Å². The molecule has 1 aromatic rings. The van der Waals surface area contributed by atoms with Crippen LogP contribution in [0.15, 0.2) is 24.3 Å². The first kappa shape index (κ1) is 16.8. The maximum Gasteiger partial charge on any atom is 0.269 e. The molecule has 112 valence electrons. The van der Waals surface area contributed by atoms with Crippen LogP contribution in [0.3, 0.4) is 0 Å². The highest BCUT2D eigenvalue weighted by molar-refractivity contribution is 6.71. The molecule has 0 bridgehead atoms. The molecule has 0 saturated heterocycles. The van der Waals surface area contributed by atoms with E-state index in [1.54, 1.807) is 12.1 Å². The second kappa shape index (κ2) is 6.96. The molecule has 1 N–H and O–H groups in total. The van der Waals surface area contributed by atoms with Crippen molar-refractivity contribution in [2.45, 2.75) is 39.1 Å².